The van der Waals surface area contributed by atoms with Gasteiger partial charge in [0.1, 0.15) is 0 Å². The Bertz CT molecular complexity index is 528. The number of hydrogen-bond donors (Lipinski definition) is 0. The van der Waals surface area contributed by atoms with Crippen LogP contribution in [0.25, 0.3) is 6.08 Å². The molecule has 3 heteroatoms. The summed E-state index contributed by atoms with van der Waals surface area (Å²) in [5, 5.41) is 0.672. The second kappa shape index (κ2) is 4.93. The number of rotatable bonds is 2. The van der Waals surface area contributed by atoms with Crippen molar-refractivity contribution in [3.8, 4) is 0 Å². The molecule has 1 aromatic carbocycles. The van der Waals surface area contributed by atoms with Crippen molar-refractivity contribution in [3.63, 3.8) is 0 Å². The summed E-state index contributed by atoms with van der Waals surface area (Å²) in [6.07, 6.45) is 7.58. The summed E-state index contributed by atoms with van der Waals surface area (Å²) in [4.78, 5) is 22.5. The predicted molar refractivity (Wildman–Crippen MR) is 67.7 cm³/mol. The molecule has 0 radical (unpaired) electrons. The van der Waals surface area contributed by atoms with E-state index in [1.807, 2.05) is 18.2 Å². The highest BCUT2D eigenvalue weighted by atomic mass is 35.5. The second-order valence-electron chi connectivity index (χ2n) is 3.55. The Morgan fingerprint density at radius 2 is 1.53 bits per heavy atom. The van der Waals surface area contributed by atoms with Crippen LogP contribution in [0.1, 0.15) is 5.56 Å². The Kier molecular flexibility index (Phi) is 3.35. The van der Waals surface area contributed by atoms with Crippen LogP contribution >= 0.6 is 11.6 Å². The fraction of sp³-hybridized carbons (Fsp3) is 0. The Balaban J connectivity index is 2.12. The molecule has 0 N–H and O–H groups in total. The molecule has 1 aromatic rings. The van der Waals surface area contributed by atoms with Crippen LogP contribution < -0.4 is 0 Å². The van der Waals surface area contributed by atoms with E-state index in [0.29, 0.717) is 5.02 Å². The zero-order valence-corrected chi connectivity index (χ0v) is 9.65. The summed E-state index contributed by atoms with van der Waals surface area (Å²) >= 11 is 5.75. The molecule has 0 heterocycles. The van der Waals surface area contributed by atoms with Gasteiger partial charge >= 0.3 is 0 Å². The highest BCUT2D eigenvalue weighted by Gasteiger charge is 2.18. The lowest BCUT2D eigenvalue weighted by atomic mass is 10.1. The third-order valence-electron chi connectivity index (χ3n) is 2.34. The molecule has 0 amide bonds. The molecule has 1 aliphatic rings. The first-order chi connectivity index (χ1) is 8.16. The van der Waals surface area contributed by atoms with Gasteiger partial charge in [-0.1, -0.05) is 35.9 Å². The van der Waals surface area contributed by atoms with E-state index in [1.165, 1.54) is 18.2 Å². The zero-order valence-electron chi connectivity index (χ0n) is 8.89. The SMILES string of the molecule is O=C1C=CC(=O)C1=C/C=C/c1ccc(Cl)cc1. The number of carbonyl (C=O) groups excluding carboxylic acids is 2. The van der Waals surface area contributed by atoms with Gasteiger partial charge < -0.3 is 0 Å². The fourth-order valence-electron chi connectivity index (χ4n) is 1.45. The van der Waals surface area contributed by atoms with Crippen molar-refractivity contribution >= 4 is 29.2 Å². The van der Waals surface area contributed by atoms with Crippen LogP contribution in [0.15, 0.2) is 54.1 Å². The molecular weight excluding hydrogens is 236 g/mol. The number of benzene rings is 1. The zero-order chi connectivity index (χ0) is 12.3. The first kappa shape index (κ1) is 11.6. The minimum absolute atomic E-state index is 0.204. The Hall–Kier alpha value is -1.93. The molecule has 0 unspecified atom stereocenters. The van der Waals surface area contributed by atoms with Crippen LogP contribution in [0.5, 0.6) is 0 Å². The normalized spacial score (nSPS) is 15.0. The van der Waals surface area contributed by atoms with Gasteiger partial charge in [0.05, 0.1) is 5.57 Å². The average Bonchev–Trinajstić information content (AvgIpc) is 2.63. The third kappa shape index (κ3) is 2.80. The Morgan fingerprint density at radius 3 is 2.12 bits per heavy atom. The van der Waals surface area contributed by atoms with Gasteiger partial charge in [0.25, 0.3) is 0 Å². The predicted octanol–water partition coefficient (Wildman–Crippen LogP) is 2.99. The molecule has 0 bridgehead atoms. The molecule has 84 valence electrons. The first-order valence-electron chi connectivity index (χ1n) is 5.07. The highest BCUT2D eigenvalue weighted by molar-refractivity contribution is 6.33. The summed E-state index contributed by atoms with van der Waals surface area (Å²) in [5.41, 5.74) is 1.16. The van der Waals surface area contributed by atoms with Crippen LogP contribution in [-0.2, 0) is 9.59 Å². The summed E-state index contributed by atoms with van der Waals surface area (Å²) in [7, 11) is 0. The molecule has 0 saturated heterocycles. The van der Waals surface area contributed by atoms with E-state index < -0.39 is 0 Å². The molecule has 0 spiro atoms. The maximum atomic E-state index is 11.2. The number of carbonyl (C=O) groups is 2. The second-order valence-corrected chi connectivity index (χ2v) is 3.99. The standard InChI is InChI=1S/C14H9ClO2/c15-11-6-4-10(5-7-11)2-1-3-12-13(16)8-9-14(12)17/h1-9H/b2-1+. The van der Waals surface area contributed by atoms with Crippen molar-refractivity contribution in [3.05, 3.63) is 64.7 Å². The van der Waals surface area contributed by atoms with E-state index >= 15 is 0 Å². The van der Waals surface area contributed by atoms with E-state index in [9.17, 15) is 9.59 Å². The van der Waals surface area contributed by atoms with Gasteiger partial charge in [-0.3, -0.25) is 9.59 Å². The molecule has 2 nitrogen and oxygen atoms in total. The number of halogens is 1. The topological polar surface area (TPSA) is 34.1 Å². The highest BCUT2D eigenvalue weighted by Crippen LogP contribution is 2.12. The summed E-state index contributed by atoms with van der Waals surface area (Å²) in [6.45, 7) is 0. The lowest BCUT2D eigenvalue weighted by molar-refractivity contribution is -0.115. The smallest absolute Gasteiger partial charge is 0.189 e. The van der Waals surface area contributed by atoms with Crippen molar-refractivity contribution < 1.29 is 9.59 Å². The number of allylic oxidation sites excluding steroid dienone is 5. The third-order valence-corrected chi connectivity index (χ3v) is 2.59. The van der Waals surface area contributed by atoms with Crippen LogP contribution in [0, 0.1) is 0 Å². The minimum atomic E-state index is -0.240. The number of hydrogen-bond acceptors (Lipinski definition) is 2. The van der Waals surface area contributed by atoms with Crippen LogP contribution in [0.4, 0.5) is 0 Å². The van der Waals surface area contributed by atoms with Crippen LogP contribution in [0.3, 0.4) is 0 Å². The molecular formula is C14H9ClO2. The average molecular weight is 245 g/mol. The maximum Gasteiger partial charge on any atom is 0.189 e. The molecule has 2 rings (SSSR count). The van der Waals surface area contributed by atoms with Crippen molar-refractivity contribution in [1.82, 2.24) is 0 Å². The molecule has 1 aliphatic carbocycles. The van der Waals surface area contributed by atoms with E-state index in [1.54, 1.807) is 18.2 Å². The fourth-order valence-corrected chi connectivity index (χ4v) is 1.57. The van der Waals surface area contributed by atoms with Gasteiger partial charge in [-0.05, 0) is 35.9 Å². The van der Waals surface area contributed by atoms with Gasteiger partial charge in [-0.2, -0.15) is 0 Å². The lowest BCUT2D eigenvalue weighted by Crippen LogP contribution is -1.99. The van der Waals surface area contributed by atoms with E-state index in [2.05, 4.69) is 0 Å². The summed E-state index contributed by atoms with van der Waals surface area (Å²) in [6, 6.07) is 7.27. The van der Waals surface area contributed by atoms with Gasteiger partial charge in [0.2, 0.25) is 0 Å². The molecule has 0 aliphatic heterocycles. The van der Waals surface area contributed by atoms with E-state index in [0.717, 1.165) is 5.56 Å². The number of ketones is 2. The summed E-state index contributed by atoms with van der Waals surface area (Å²) in [5.74, 6) is -0.480. The van der Waals surface area contributed by atoms with Gasteiger partial charge in [0.15, 0.2) is 11.6 Å². The Morgan fingerprint density at radius 1 is 0.941 bits per heavy atom. The molecule has 0 atom stereocenters. The van der Waals surface area contributed by atoms with Gasteiger partial charge in [0, 0.05) is 5.02 Å². The van der Waals surface area contributed by atoms with Gasteiger partial charge in [-0.15, -0.1) is 0 Å². The van der Waals surface area contributed by atoms with Gasteiger partial charge in [-0.25, -0.2) is 0 Å². The molecule has 0 aromatic heterocycles. The van der Waals surface area contributed by atoms with Crippen LogP contribution in [0.2, 0.25) is 5.02 Å². The molecule has 17 heavy (non-hydrogen) atoms. The van der Waals surface area contributed by atoms with E-state index in [4.69, 9.17) is 11.6 Å². The van der Waals surface area contributed by atoms with Crippen molar-refractivity contribution in [2.45, 2.75) is 0 Å². The summed E-state index contributed by atoms with van der Waals surface area (Å²) < 4.78 is 0. The quantitative estimate of drug-likeness (QED) is 0.592. The molecule has 0 saturated carbocycles. The van der Waals surface area contributed by atoms with Crippen molar-refractivity contribution in [2.75, 3.05) is 0 Å². The molecule has 0 fully saturated rings. The Labute approximate surface area is 104 Å². The largest absolute Gasteiger partial charge is 0.289 e. The maximum absolute atomic E-state index is 11.2. The van der Waals surface area contributed by atoms with Crippen molar-refractivity contribution in [2.24, 2.45) is 0 Å². The van der Waals surface area contributed by atoms with Crippen LogP contribution in [-0.4, -0.2) is 11.6 Å². The van der Waals surface area contributed by atoms with E-state index in [-0.39, 0.29) is 17.1 Å². The lowest BCUT2D eigenvalue weighted by Gasteiger charge is -1.92. The first-order valence-corrected chi connectivity index (χ1v) is 5.45. The minimum Gasteiger partial charge on any atom is -0.289 e. The monoisotopic (exact) mass is 244 g/mol. The van der Waals surface area contributed by atoms with Crippen molar-refractivity contribution in [1.29, 1.82) is 0 Å².